The maximum atomic E-state index is 16.5. The second-order valence-corrected chi connectivity index (χ2v) is 11.3. The van der Waals surface area contributed by atoms with Gasteiger partial charge in [0.15, 0.2) is 5.82 Å². The molecule has 9 nitrogen and oxygen atoms in total. The number of hydrogen-bond acceptors (Lipinski definition) is 7. The molecular formula is C30H33F5N6O3. The Morgan fingerprint density at radius 1 is 1.07 bits per heavy atom. The number of benzene rings is 1. The standard InChI is InChI=1S/C30H33F5N6O3/c1-16-13-41(14-17(2)39(16)4)23-10-22(31)26(19-5-6-24(36-11-19)40-7-8-44-18(3)15-40)27(32)28(23)38-29(43)20-12-37-25(42)9-21(20)30(33,34)35/h5-6,9-12,16-18H,7-8,13-15H2,1-4H3,(H,37,42)(H,38,43)/t16-,17+,18?. The average Bonchev–Trinajstić information content (AvgIpc) is 2.96. The number of H-pyrrole nitrogens is 1. The lowest BCUT2D eigenvalue weighted by molar-refractivity contribution is -0.138. The summed E-state index contributed by atoms with van der Waals surface area (Å²) in [5, 5.41) is 2.27. The van der Waals surface area contributed by atoms with Crippen molar-refractivity contribution in [3.05, 3.63) is 69.8 Å². The Morgan fingerprint density at radius 2 is 1.77 bits per heavy atom. The topological polar surface area (TPSA) is 93.8 Å². The van der Waals surface area contributed by atoms with E-state index in [1.165, 1.54) is 12.3 Å². The van der Waals surface area contributed by atoms with Crippen LogP contribution in [-0.2, 0) is 10.9 Å². The fraction of sp³-hybridized carbons (Fsp3) is 0.433. The van der Waals surface area contributed by atoms with Gasteiger partial charge in [-0.2, -0.15) is 13.2 Å². The van der Waals surface area contributed by atoms with E-state index in [0.29, 0.717) is 44.8 Å². The van der Waals surface area contributed by atoms with Crippen LogP contribution in [0.2, 0.25) is 0 Å². The van der Waals surface area contributed by atoms with Crippen LogP contribution in [0.3, 0.4) is 0 Å². The molecule has 1 aromatic carbocycles. The predicted molar refractivity (Wildman–Crippen MR) is 156 cm³/mol. The quantitative estimate of drug-likeness (QED) is 0.398. The number of alkyl halides is 3. The molecule has 1 unspecified atom stereocenters. The lowest BCUT2D eigenvalue weighted by Crippen LogP contribution is -2.55. The summed E-state index contributed by atoms with van der Waals surface area (Å²) in [6.45, 7) is 8.15. The first kappa shape index (κ1) is 31.4. The second-order valence-electron chi connectivity index (χ2n) is 11.3. The summed E-state index contributed by atoms with van der Waals surface area (Å²) in [5.74, 6) is -2.83. The van der Waals surface area contributed by atoms with Gasteiger partial charge in [0, 0.05) is 68.4 Å². The van der Waals surface area contributed by atoms with Crippen molar-refractivity contribution in [1.82, 2.24) is 14.9 Å². The zero-order valence-electron chi connectivity index (χ0n) is 24.6. The van der Waals surface area contributed by atoms with E-state index in [1.807, 2.05) is 32.7 Å². The van der Waals surface area contributed by atoms with Gasteiger partial charge in [-0.25, -0.2) is 13.8 Å². The average molecular weight is 621 g/mol. The van der Waals surface area contributed by atoms with Crippen LogP contribution in [0.4, 0.5) is 39.1 Å². The van der Waals surface area contributed by atoms with Gasteiger partial charge in [0.25, 0.3) is 5.91 Å². The maximum absolute atomic E-state index is 16.5. The van der Waals surface area contributed by atoms with Gasteiger partial charge in [0.1, 0.15) is 17.3 Å². The molecule has 2 aliphatic rings. The molecule has 0 saturated carbocycles. The number of morpholine rings is 1. The Labute approximate surface area is 250 Å². The predicted octanol–water partition coefficient (Wildman–Crippen LogP) is 4.74. The number of rotatable bonds is 5. The number of piperazine rings is 1. The summed E-state index contributed by atoms with van der Waals surface area (Å²) < 4.78 is 79.0. The van der Waals surface area contributed by atoms with Crippen LogP contribution >= 0.6 is 0 Å². The highest BCUT2D eigenvalue weighted by Gasteiger charge is 2.37. The molecule has 0 bridgehead atoms. The van der Waals surface area contributed by atoms with Crippen molar-refractivity contribution in [2.75, 3.05) is 55.0 Å². The minimum atomic E-state index is -5.04. The molecule has 0 aliphatic carbocycles. The minimum absolute atomic E-state index is 0.0147. The van der Waals surface area contributed by atoms with Crippen molar-refractivity contribution < 1.29 is 31.5 Å². The Hall–Kier alpha value is -4.04. The zero-order valence-corrected chi connectivity index (χ0v) is 24.6. The lowest BCUT2D eigenvalue weighted by Gasteiger charge is -2.44. The summed E-state index contributed by atoms with van der Waals surface area (Å²) in [4.78, 5) is 37.2. The van der Waals surface area contributed by atoms with Crippen molar-refractivity contribution in [1.29, 1.82) is 0 Å². The Bertz CT molecular complexity index is 1580. The number of pyridine rings is 2. The summed E-state index contributed by atoms with van der Waals surface area (Å²) >= 11 is 0. The molecule has 3 aromatic rings. The Morgan fingerprint density at radius 3 is 2.39 bits per heavy atom. The SMILES string of the molecule is CC1CN(c2ccc(-c3c(F)cc(N4C[C@@H](C)N(C)[C@@H](C)C4)c(NC(=O)c4c[nH]c(=O)cc4C(F)(F)F)c3F)cn2)CCO1. The van der Waals surface area contributed by atoms with Gasteiger partial charge >= 0.3 is 6.18 Å². The summed E-state index contributed by atoms with van der Waals surface area (Å²) in [6, 6.07) is 4.38. The third-order valence-corrected chi connectivity index (χ3v) is 8.21. The van der Waals surface area contributed by atoms with E-state index in [9.17, 15) is 22.8 Å². The van der Waals surface area contributed by atoms with E-state index in [1.54, 1.807) is 11.0 Å². The number of nitrogens with zero attached hydrogens (tertiary/aromatic N) is 4. The van der Waals surface area contributed by atoms with Gasteiger partial charge in [-0.1, -0.05) is 0 Å². The molecule has 2 fully saturated rings. The lowest BCUT2D eigenvalue weighted by atomic mass is 10.0. The molecule has 2 saturated heterocycles. The Balaban J connectivity index is 1.58. The number of aromatic nitrogens is 2. The largest absolute Gasteiger partial charge is 0.417 e. The van der Waals surface area contributed by atoms with Crippen molar-refractivity contribution in [3.8, 4) is 11.1 Å². The molecule has 236 valence electrons. The zero-order chi connectivity index (χ0) is 31.9. The van der Waals surface area contributed by atoms with Crippen LogP contribution in [0.1, 0.15) is 36.7 Å². The van der Waals surface area contributed by atoms with Crippen LogP contribution in [-0.4, -0.2) is 78.8 Å². The first-order valence-electron chi connectivity index (χ1n) is 14.2. The van der Waals surface area contributed by atoms with E-state index in [4.69, 9.17) is 4.74 Å². The van der Waals surface area contributed by atoms with Crippen LogP contribution in [0, 0.1) is 11.6 Å². The van der Waals surface area contributed by atoms with Crippen molar-refractivity contribution in [2.24, 2.45) is 0 Å². The minimum Gasteiger partial charge on any atom is -0.375 e. The summed E-state index contributed by atoms with van der Waals surface area (Å²) in [7, 11) is 1.92. The molecule has 5 rings (SSSR count). The molecule has 0 radical (unpaired) electrons. The number of carbonyl (C=O) groups is 1. The molecule has 0 spiro atoms. The number of anilines is 3. The number of halogens is 5. The van der Waals surface area contributed by atoms with Gasteiger partial charge < -0.3 is 24.8 Å². The number of amides is 1. The smallest absolute Gasteiger partial charge is 0.375 e. The normalized spacial score (nSPS) is 21.4. The molecule has 1 amide bonds. The number of ether oxygens (including phenoxy) is 1. The van der Waals surface area contributed by atoms with Crippen molar-refractivity contribution >= 4 is 23.1 Å². The first-order valence-corrected chi connectivity index (χ1v) is 14.2. The molecule has 3 atom stereocenters. The van der Waals surface area contributed by atoms with E-state index >= 15 is 8.78 Å². The fourth-order valence-electron chi connectivity index (χ4n) is 5.66. The summed E-state index contributed by atoms with van der Waals surface area (Å²) in [6.07, 6.45) is -3.12. The van der Waals surface area contributed by atoms with Gasteiger partial charge in [0.2, 0.25) is 5.56 Å². The van der Waals surface area contributed by atoms with Crippen molar-refractivity contribution in [2.45, 2.75) is 45.1 Å². The van der Waals surface area contributed by atoms with Gasteiger partial charge in [-0.05, 0) is 40.0 Å². The number of likely N-dealkylation sites (N-methyl/N-ethyl adjacent to an activating group) is 1. The fourth-order valence-corrected chi connectivity index (χ4v) is 5.66. The molecule has 2 aromatic heterocycles. The van der Waals surface area contributed by atoms with E-state index < -0.39 is 51.7 Å². The van der Waals surface area contributed by atoms with E-state index in [-0.39, 0.29) is 35.5 Å². The molecule has 14 heteroatoms. The highest BCUT2D eigenvalue weighted by Crippen LogP contribution is 2.40. The number of hydrogen-bond donors (Lipinski definition) is 2. The third-order valence-electron chi connectivity index (χ3n) is 8.21. The van der Waals surface area contributed by atoms with Crippen LogP contribution in [0.5, 0.6) is 0 Å². The van der Waals surface area contributed by atoms with Gasteiger partial charge in [0.05, 0.1) is 35.1 Å². The highest BCUT2D eigenvalue weighted by molar-refractivity contribution is 6.07. The number of carbonyl (C=O) groups excluding carboxylic acids is 1. The van der Waals surface area contributed by atoms with Crippen molar-refractivity contribution in [3.63, 3.8) is 0 Å². The van der Waals surface area contributed by atoms with Crippen LogP contribution < -0.4 is 20.7 Å². The number of nitrogens with one attached hydrogen (secondary N) is 2. The maximum Gasteiger partial charge on any atom is 0.417 e. The molecular weight excluding hydrogens is 587 g/mol. The summed E-state index contributed by atoms with van der Waals surface area (Å²) in [5.41, 5.74) is -4.39. The second kappa shape index (κ2) is 12.2. The molecule has 2 aliphatic heterocycles. The van der Waals surface area contributed by atoms with E-state index in [2.05, 4.69) is 20.2 Å². The van der Waals surface area contributed by atoms with Crippen LogP contribution in [0.25, 0.3) is 11.1 Å². The Kier molecular flexibility index (Phi) is 8.67. The number of aromatic amines is 1. The van der Waals surface area contributed by atoms with Crippen LogP contribution in [0.15, 0.2) is 41.5 Å². The highest BCUT2D eigenvalue weighted by atomic mass is 19.4. The molecule has 4 heterocycles. The van der Waals surface area contributed by atoms with Gasteiger partial charge in [-0.15, -0.1) is 0 Å². The third kappa shape index (κ3) is 6.27. The molecule has 44 heavy (non-hydrogen) atoms. The van der Waals surface area contributed by atoms with E-state index in [0.717, 1.165) is 6.07 Å². The first-order chi connectivity index (χ1) is 20.7. The molecule has 2 N–H and O–H groups in total. The van der Waals surface area contributed by atoms with Gasteiger partial charge in [-0.3, -0.25) is 14.5 Å². The monoisotopic (exact) mass is 620 g/mol.